The van der Waals surface area contributed by atoms with Gasteiger partial charge < -0.3 is 15.4 Å². The zero-order valence-electron chi connectivity index (χ0n) is 16.3. The topological polar surface area (TPSA) is 111 Å². The van der Waals surface area contributed by atoms with Gasteiger partial charge in [0.15, 0.2) is 0 Å². The molecule has 1 aliphatic rings. The zero-order valence-corrected chi connectivity index (χ0v) is 17.0. The Morgan fingerprint density at radius 2 is 2.00 bits per heavy atom. The molecule has 0 atom stereocenters. The number of halogens is 1. The van der Waals surface area contributed by atoms with E-state index in [9.17, 15) is 9.59 Å². The van der Waals surface area contributed by atoms with Crippen LogP contribution in [0.5, 0.6) is 0 Å². The molecule has 0 radical (unpaired) electrons. The summed E-state index contributed by atoms with van der Waals surface area (Å²) in [5, 5.41) is 13.3. The first-order valence-electron chi connectivity index (χ1n) is 9.82. The minimum absolute atomic E-state index is 0. The van der Waals surface area contributed by atoms with Crippen LogP contribution >= 0.6 is 11.6 Å². The highest BCUT2D eigenvalue weighted by atomic mass is 35.5. The monoisotopic (exact) mass is 443 g/mol. The van der Waals surface area contributed by atoms with Gasteiger partial charge in [0, 0.05) is 34.3 Å². The van der Waals surface area contributed by atoms with E-state index in [2.05, 4.69) is 20.3 Å². The van der Waals surface area contributed by atoms with Gasteiger partial charge in [-0.15, -0.1) is 0 Å². The van der Waals surface area contributed by atoms with Gasteiger partial charge in [-0.25, -0.2) is 4.98 Å². The second-order valence-electron chi connectivity index (χ2n) is 7.48. The molecule has 8 nitrogen and oxygen atoms in total. The maximum Gasteiger partial charge on any atom is 0.317 e. The fourth-order valence-corrected chi connectivity index (χ4v) is 3.97. The molecule has 0 aliphatic carbocycles. The predicted molar refractivity (Wildman–Crippen MR) is 123 cm³/mol. The molecule has 0 spiro atoms. The number of likely N-dealkylation sites (tertiary alicyclic amines) is 1. The Morgan fingerprint density at radius 3 is 2.71 bits per heavy atom. The summed E-state index contributed by atoms with van der Waals surface area (Å²) in [6.07, 6.45) is 3.52. The third-order valence-electron chi connectivity index (χ3n) is 5.37. The largest absolute Gasteiger partial charge is 0.480 e. The van der Waals surface area contributed by atoms with E-state index in [4.69, 9.17) is 16.7 Å². The van der Waals surface area contributed by atoms with E-state index < -0.39 is 5.97 Å². The molecule has 1 saturated heterocycles. The summed E-state index contributed by atoms with van der Waals surface area (Å²) in [6, 6.07) is 8.95. The van der Waals surface area contributed by atoms with Crippen LogP contribution in [0.2, 0.25) is 5.02 Å². The molecule has 3 heterocycles. The summed E-state index contributed by atoms with van der Waals surface area (Å²) >= 11 is 6.23. The number of rotatable bonds is 6. The van der Waals surface area contributed by atoms with E-state index in [0.717, 1.165) is 31.3 Å². The van der Waals surface area contributed by atoms with E-state index >= 15 is 0 Å². The van der Waals surface area contributed by atoms with Crippen molar-refractivity contribution in [3.05, 3.63) is 51.9 Å². The van der Waals surface area contributed by atoms with Crippen molar-refractivity contribution in [3.63, 3.8) is 0 Å². The van der Waals surface area contributed by atoms with Crippen molar-refractivity contribution < 1.29 is 9.90 Å². The number of aromatic nitrogens is 3. The molecule has 3 aromatic rings. The first kappa shape index (κ1) is 22.7. The van der Waals surface area contributed by atoms with Gasteiger partial charge >= 0.3 is 5.97 Å². The Morgan fingerprint density at radius 1 is 1.26 bits per heavy atom. The van der Waals surface area contributed by atoms with E-state index in [1.54, 1.807) is 24.4 Å². The lowest BCUT2D eigenvalue weighted by Crippen LogP contribution is -2.38. The molecule has 1 fully saturated rings. The molecule has 2 aromatic heterocycles. The van der Waals surface area contributed by atoms with Crippen LogP contribution in [0, 0.1) is 5.92 Å². The lowest BCUT2D eigenvalue weighted by molar-refractivity contribution is -0.138. The zero-order chi connectivity index (χ0) is 21.1. The number of nitrogens with one attached hydrogen (secondary N) is 2. The van der Waals surface area contributed by atoms with E-state index in [1.807, 2.05) is 17.0 Å². The molecule has 9 heteroatoms. The molecular weight excluding hydrogens is 418 g/mol. The number of H-pyrrole nitrogens is 1. The molecule has 0 saturated carbocycles. The van der Waals surface area contributed by atoms with Gasteiger partial charge in [0.25, 0.3) is 5.56 Å². The molecule has 1 aliphatic heterocycles. The minimum atomic E-state index is -0.789. The fourth-order valence-electron chi connectivity index (χ4n) is 3.73. The van der Waals surface area contributed by atoms with Crippen LogP contribution in [0.3, 0.4) is 0 Å². The second kappa shape index (κ2) is 9.89. The number of aliphatic carboxylic acids is 1. The number of aromatic amines is 1. The van der Waals surface area contributed by atoms with Crippen LogP contribution in [0.25, 0.3) is 22.2 Å². The summed E-state index contributed by atoms with van der Waals surface area (Å²) in [5.41, 5.74) is 1.35. The Hall–Kier alpha value is -2.97. The van der Waals surface area contributed by atoms with Gasteiger partial charge in [-0.3, -0.25) is 14.5 Å². The third-order valence-corrected chi connectivity index (χ3v) is 5.70. The summed E-state index contributed by atoms with van der Waals surface area (Å²) in [5.74, 6) is 0.0930. The number of carboxylic acid groups (broad SMARTS) is 1. The van der Waals surface area contributed by atoms with Crippen LogP contribution in [0.1, 0.15) is 20.3 Å². The highest BCUT2D eigenvalue weighted by molar-refractivity contribution is 6.33. The van der Waals surface area contributed by atoms with Crippen LogP contribution in [0.15, 0.2) is 41.3 Å². The molecule has 0 unspecified atom stereocenters. The average molecular weight is 444 g/mol. The van der Waals surface area contributed by atoms with Gasteiger partial charge in [0.2, 0.25) is 5.95 Å². The Labute approximate surface area is 185 Å². The van der Waals surface area contributed by atoms with Gasteiger partial charge in [-0.05, 0) is 44.0 Å². The molecule has 0 bridgehead atoms. The second-order valence-corrected chi connectivity index (χ2v) is 7.89. The lowest BCUT2D eigenvalue weighted by atomic mass is 9.97. The van der Waals surface area contributed by atoms with Crippen molar-refractivity contribution in [3.8, 4) is 11.1 Å². The normalized spacial score (nSPS) is 14.9. The van der Waals surface area contributed by atoms with Crippen molar-refractivity contribution in [1.29, 1.82) is 0 Å². The molecular formula is C22H26ClN5O3. The predicted octanol–water partition coefficient (Wildman–Crippen LogP) is 3.48. The number of piperidine rings is 1. The van der Waals surface area contributed by atoms with Gasteiger partial charge in [-0.2, -0.15) is 4.98 Å². The van der Waals surface area contributed by atoms with Crippen LogP contribution in [0.4, 0.5) is 5.95 Å². The number of pyridine rings is 1. The number of hydrogen-bond donors (Lipinski definition) is 3. The van der Waals surface area contributed by atoms with Crippen LogP contribution in [-0.4, -0.2) is 57.1 Å². The number of anilines is 1. The van der Waals surface area contributed by atoms with Gasteiger partial charge in [0.1, 0.15) is 5.65 Å². The summed E-state index contributed by atoms with van der Waals surface area (Å²) in [4.78, 5) is 36.9. The number of nitrogens with zero attached hydrogens (tertiary/aromatic N) is 3. The highest BCUT2D eigenvalue weighted by Gasteiger charge is 2.20. The molecule has 31 heavy (non-hydrogen) atoms. The average Bonchev–Trinajstić information content (AvgIpc) is 2.73. The van der Waals surface area contributed by atoms with Crippen LogP contribution in [-0.2, 0) is 4.79 Å². The Bertz CT molecular complexity index is 1130. The third kappa shape index (κ3) is 5.39. The first-order chi connectivity index (χ1) is 14.5. The smallest absolute Gasteiger partial charge is 0.317 e. The summed E-state index contributed by atoms with van der Waals surface area (Å²) in [6.45, 7) is 2.34. The van der Waals surface area contributed by atoms with Crippen molar-refractivity contribution >= 4 is 34.6 Å². The molecule has 0 amide bonds. The Kier molecular flexibility index (Phi) is 7.25. The van der Waals surface area contributed by atoms with Crippen molar-refractivity contribution in [2.45, 2.75) is 20.3 Å². The number of fused-ring (bicyclic) bond motifs is 1. The maximum atomic E-state index is 12.6. The minimum Gasteiger partial charge on any atom is -0.480 e. The maximum absolute atomic E-state index is 12.6. The Balaban J connectivity index is 0.00000272. The van der Waals surface area contributed by atoms with Crippen molar-refractivity contribution in [1.82, 2.24) is 19.9 Å². The molecule has 1 aromatic carbocycles. The quantitative estimate of drug-likeness (QED) is 0.534. The standard InChI is InChI=1S/C21H22ClN5O3.CH4/c22-17-4-2-1-3-15(17)16-9-14-11-24-21(26-19(14)25-20(16)30)23-10-13-5-7-27(8-6-13)12-18(28)29;/h1-4,9,11,13H,5-8,10,12H2,(H,28,29)(H2,23,24,25,26,30);1H4. The SMILES string of the molecule is C.O=C(O)CN1CCC(CNc2ncc3cc(-c4ccccc4Cl)c(=O)[nH]c3n2)CC1. The fraction of sp³-hybridized carbons (Fsp3) is 0.364. The summed E-state index contributed by atoms with van der Waals surface area (Å²) < 4.78 is 0. The van der Waals surface area contributed by atoms with Crippen molar-refractivity contribution in [2.75, 3.05) is 31.5 Å². The number of carboxylic acids is 1. The lowest BCUT2D eigenvalue weighted by Gasteiger charge is -2.30. The first-order valence-corrected chi connectivity index (χ1v) is 10.2. The highest BCUT2D eigenvalue weighted by Crippen LogP contribution is 2.26. The molecule has 3 N–H and O–H groups in total. The number of carbonyl (C=O) groups is 1. The van der Waals surface area contributed by atoms with E-state index in [0.29, 0.717) is 40.2 Å². The molecule has 164 valence electrons. The van der Waals surface area contributed by atoms with Gasteiger partial charge in [-0.1, -0.05) is 37.2 Å². The van der Waals surface area contributed by atoms with Crippen LogP contribution < -0.4 is 10.9 Å². The summed E-state index contributed by atoms with van der Waals surface area (Å²) in [7, 11) is 0. The number of hydrogen-bond acceptors (Lipinski definition) is 6. The van der Waals surface area contributed by atoms with E-state index in [-0.39, 0.29) is 19.5 Å². The van der Waals surface area contributed by atoms with Crippen molar-refractivity contribution in [2.24, 2.45) is 5.92 Å². The number of benzene rings is 1. The van der Waals surface area contributed by atoms with Gasteiger partial charge in [0.05, 0.1) is 6.54 Å². The van der Waals surface area contributed by atoms with E-state index in [1.165, 1.54) is 0 Å². The molecule has 4 rings (SSSR count).